The molecule has 0 radical (unpaired) electrons. The molecule has 1 rings (SSSR count). The Morgan fingerprint density at radius 1 is 1.29 bits per heavy atom. The molecule has 0 bridgehead atoms. The summed E-state index contributed by atoms with van der Waals surface area (Å²) < 4.78 is 28.1. The summed E-state index contributed by atoms with van der Waals surface area (Å²) in [5.74, 6) is -1.15. The Balaban J connectivity index is 2.56. The van der Waals surface area contributed by atoms with Gasteiger partial charge >= 0.3 is 18.6 Å². The predicted octanol–water partition coefficient (Wildman–Crippen LogP) is 2.66. The van der Waals surface area contributed by atoms with Gasteiger partial charge in [0, 0.05) is 5.69 Å². The number of halogens is 2. The first kappa shape index (κ1) is 16.7. The van der Waals surface area contributed by atoms with Crippen molar-refractivity contribution in [1.82, 2.24) is 5.32 Å². The van der Waals surface area contributed by atoms with Gasteiger partial charge in [-0.3, -0.25) is 0 Å². The third-order valence-corrected chi connectivity index (χ3v) is 2.52. The second kappa shape index (κ2) is 8.03. The first-order valence-electron chi connectivity index (χ1n) is 6.27. The number of carboxylic acids is 1. The van der Waals surface area contributed by atoms with Crippen molar-refractivity contribution in [2.45, 2.75) is 32.4 Å². The van der Waals surface area contributed by atoms with Crippen molar-refractivity contribution in [3.05, 3.63) is 24.3 Å². The molecule has 0 unspecified atom stereocenters. The van der Waals surface area contributed by atoms with Crippen LogP contribution < -0.4 is 15.4 Å². The molecule has 0 aliphatic carbocycles. The molecule has 1 aromatic rings. The minimum atomic E-state index is -2.92. The van der Waals surface area contributed by atoms with Crippen molar-refractivity contribution in [3.8, 4) is 5.75 Å². The number of amides is 2. The summed E-state index contributed by atoms with van der Waals surface area (Å²) >= 11 is 0. The van der Waals surface area contributed by atoms with E-state index in [1.54, 1.807) is 6.92 Å². The van der Waals surface area contributed by atoms with E-state index in [1.807, 2.05) is 0 Å². The van der Waals surface area contributed by atoms with Crippen molar-refractivity contribution in [3.63, 3.8) is 0 Å². The fourth-order valence-corrected chi connectivity index (χ4v) is 1.59. The summed E-state index contributed by atoms with van der Waals surface area (Å²) in [7, 11) is 0. The monoisotopic (exact) mass is 302 g/mol. The summed E-state index contributed by atoms with van der Waals surface area (Å²) in [5.41, 5.74) is 0.328. The number of anilines is 1. The molecule has 2 amide bonds. The van der Waals surface area contributed by atoms with Crippen LogP contribution >= 0.6 is 0 Å². The molecule has 0 aromatic heterocycles. The number of carboxylic acid groups (broad SMARTS) is 1. The third-order valence-electron chi connectivity index (χ3n) is 2.52. The fraction of sp³-hybridized carbons (Fsp3) is 0.385. The van der Waals surface area contributed by atoms with E-state index in [1.165, 1.54) is 24.3 Å². The van der Waals surface area contributed by atoms with E-state index >= 15 is 0 Å². The first-order valence-corrected chi connectivity index (χ1v) is 6.27. The van der Waals surface area contributed by atoms with E-state index in [4.69, 9.17) is 5.11 Å². The molecule has 0 fully saturated rings. The van der Waals surface area contributed by atoms with Gasteiger partial charge in [0.1, 0.15) is 11.8 Å². The standard InChI is InChI=1S/C13H16F2N2O4/c1-2-3-10(11(18)19)17-13(20)16-8-4-6-9(7-5-8)21-12(14)15/h4-7,10,12H,2-3H2,1H3,(H,18,19)(H2,16,17,20)/t10-/m0/s1. The largest absolute Gasteiger partial charge is 0.480 e. The second-order valence-electron chi connectivity index (χ2n) is 4.18. The number of hydrogen-bond acceptors (Lipinski definition) is 3. The number of hydrogen-bond donors (Lipinski definition) is 3. The number of carbonyl (C=O) groups is 2. The normalized spacial score (nSPS) is 11.8. The maximum Gasteiger partial charge on any atom is 0.387 e. The van der Waals surface area contributed by atoms with Crippen LogP contribution in [-0.2, 0) is 4.79 Å². The Hall–Kier alpha value is -2.38. The van der Waals surface area contributed by atoms with Crippen LogP contribution in [0.5, 0.6) is 5.75 Å². The number of nitrogens with one attached hydrogen (secondary N) is 2. The van der Waals surface area contributed by atoms with Crippen LogP contribution in [-0.4, -0.2) is 29.8 Å². The second-order valence-corrected chi connectivity index (χ2v) is 4.18. The molecule has 1 atom stereocenters. The van der Waals surface area contributed by atoms with Crippen LogP contribution in [0.3, 0.4) is 0 Å². The molecule has 0 spiro atoms. The minimum absolute atomic E-state index is 0.0367. The summed E-state index contributed by atoms with van der Waals surface area (Å²) in [6.07, 6.45) is 0.917. The van der Waals surface area contributed by atoms with Crippen molar-refractivity contribution in [1.29, 1.82) is 0 Å². The molecular weight excluding hydrogens is 286 g/mol. The van der Waals surface area contributed by atoms with Crippen LogP contribution in [0, 0.1) is 0 Å². The van der Waals surface area contributed by atoms with Gasteiger partial charge in [0.05, 0.1) is 0 Å². The number of aliphatic carboxylic acids is 1. The van der Waals surface area contributed by atoms with Crippen molar-refractivity contribution < 1.29 is 28.2 Å². The third kappa shape index (κ3) is 6.07. The predicted molar refractivity (Wildman–Crippen MR) is 71.6 cm³/mol. The Labute approximate surface area is 120 Å². The number of rotatable bonds is 7. The van der Waals surface area contributed by atoms with Gasteiger partial charge in [-0.2, -0.15) is 8.78 Å². The highest BCUT2D eigenvalue weighted by Gasteiger charge is 2.18. The van der Waals surface area contributed by atoms with E-state index < -0.39 is 24.7 Å². The smallest absolute Gasteiger partial charge is 0.387 e. The number of alkyl halides is 2. The van der Waals surface area contributed by atoms with Gasteiger partial charge in [-0.15, -0.1) is 0 Å². The average Bonchev–Trinajstić information content (AvgIpc) is 2.40. The molecule has 116 valence electrons. The zero-order valence-electron chi connectivity index (χ0n) is 11.3. The van der Waals surface area contributed by atoms with Gasteiger partial charge < -0.3 is 20.5 Å². The lowest BCUT2D eigenvalue weighted by Crippen LogP contribution is -2.42. The van der Waals surface area contributed by atoms with Gasteiger partial charge in [0.15, 0.2) is 0 Å². The highest BCUT2D eigenvalue weighted by molar-refractivity contribution is 5.92. The molecule has 6 nitrogen and oxygen atoms in total. The zero-order chi connectivity index (χ0) is 15.8. The van der Waals surface area contributed by atoms with Gasteiger partial charge in [-0.1, -0.05) is 13.3 Å². The van der Waals surface area contributed by atoms with E-state index in [0.717, 1.165) is 0 Å². The first-order chi connectivity index (χ1) is 9.92. The Kier molecular flexibility index (Phi) is 6.38. The lowest BCUT2D eigenvalue weighted by molar-refractivity contribution is -0.139. The quantitative estimate of drug-likeness (QED) is 0.722. The maximum absolute atomic E-state index is 12.0. The van der Waals surface area contributed by atoms with E-state index in [-0.39, 0.29) is 5.75 Å². The van der Waals surface area contributed by atoms with Gasteiger partial charge in [0.25, 0.3) is 0 Å². The van der Waals surface area contributed by atoms with Gasteiger partial charge in [-0.05, 0) is 30.7 Å². The lowest BCUT2D eigenvalue weighted by atomic mass is 10.2. The number of benzene rings is 1. The molecule has 0 heterocycles. The van der Waals surface area contributed by atoms with Crippen molar-refractivity contribution >= 4 is 17.7 Å². The maximum atomic E-state index is 12.0. The molecule has 8 heteroatoms. The zero-order valence-corrected chi connectivity index (χ0v) is 11.3. The Morgan fingerprint density at radius 3 is 2.38 bits per heavy atom. The van der Waals surface area contributed by atoms with Crippen LogP contribution in [0.25, 0.3) is 0 Å². The van der Waals surface area contributed by atoms with E-state index in [0.29, 0.717) is 18.5 Å². The molecule has 3 N–H and O–H groups in total. The SMILES string of the molecule is CCC[C@H](NC(=O)Nc1ccc(OC(F)F)cc1)C(=O)O. The summed E-state index contributed by atoms with van der Waals surface area (Å²) in [5, 5.41) is 13.6. The fourth-order valence-electron chi connectivity index (χ4n) is 1.59. The van der Waals surface area contributed by atoms with E-state index in [2.05, 4.69) is 15.4 Å². The molecule has 0 aliphatic rings. The highest BCUT2D eigenvalue weighted by Crippen LogP contribution is 2.17. The average molecular weight is 302 g/mol. The van der Waals surface area contributed by atoms with Gasteiger partial charge in [0.2, 0.25) is 0 Å². The number of ether oxygens (including phenoxy) is 1. The minimum Gasteiger partial charge on any atom is -0.480 e. The summed E-state index contributed by atoms with van der Waals surface area (Å²) in [4.78, 5) is 22.5. The lowest BCUT2D eigenvalue weighted by Gasteiger charge is -2.14. The Morgan fingerprint density at radius 2 is 1.90 bits per heavy atom. The molecule has 1 aromatic carbocycles. The van der Waals surface area contributed by atoms with Crippen LogP contribution in [0.15, 0.2) is 24.3 Å². The number of carbonyl (C=O) groups excluding carboxylic acids is 1. The topological polar surface area (TPSA) is 87.7 Å². The number of urea groups is 1. The molecular formula is C13H16F2N2O4. The summed E-state index contributed by atoms with van der Waals surface area (Å²) in [6.45, 7) is -1.12. The highest BCUT2D eigenvalue weighted by atomic mass is 19.3. The van der Waals surface area contributed by atoms with Crippen LogP contribution in [0.2, 0.25) is 0 Å². The Bertz CT molecular complexity index is 480. The molecule has 21 heavy (non-hydrogen) atoms. The molecule has 0 saturated carbocycles. The van der Waals surface area contributed by atoms with Crippen LogP contribution in [0.1, 0.15) is 19.8 Å². The van der Waals surface area contributed by atoms with Crippen molar-refractivity contribution in [2.24, 2.45) is 0 Å². The summed E-state index contributed by atoms with van der Waals surface area (Å²) in [6, 6.07) is 3.61. The van der Waals surface area contributed by atoms with Gasteiger partial charge in [-0.25, -0.2) is 9.59 Å². The van der Waals surface area contributed by atoms with Crippen LogP contribution in [0.4, 0.5) is 19.3 Å². The molecule has 0 aliphatic heterocycles. The van der Waals surface area contributed by atoms with Crippen molar-refractivity contribution in [2.75, 3.05) is 5.32 Å². The van der Waals surface area contributed by atoms with E-state index in [9.17, 15) is 18.4 Å². The molecule has 0 saturated heterocycles.